The first-order valence-corrected chi connectivity index (χ1v) is 8.43. The van der Waals surface area contributed by atoms with E-state index in [1.807, 2.05) is 0 Å². The van der Waals surface area contributed by atoms with Crippen molar-refractivity contribution in [3.05, 3.63) is 69.7 Å². The Hall–Kier alpha value is -1.15. The molecule has 1 fully saturated rings. The number of nitriles is 1. The van der Waals surface area contributed by atoms with E-state index < -0.39 is 0 Å². The first kappa shape index (κ1) is 18.2. The van der Waals surface area contributed by atoms with Gasteiger partial charge in [-0.1, -0.05) is 57.9 Å². The van der Waals surface area contributed by atoms with E-state index in [0.29, 0.717) is 12.5 Å². The third-order valence-corrected chi connectivity index (χ3v) is 5.10. The van der Waals surface area contributed by atoms with Crippen LogP contribution < -0.4 is 17.0 Å². The zero-order chi connectivity index (χ0) is 15.6. The molecule has 0 bridgehead atoms. The molecule has 2 atom stereocenters. The Balaban J connectivity index is 0.00000192. The molecule has 120 valence electrons. The highest BCUT2D eigenvalue weighted by Crippen LogP contribution is 2.38. The summed E-state index contributed by atoms with van der Waals surface area (Å²) in [5, 5.41) is 9.05. The van der Waals surface area contributed by atoms with E-state index in [9.17, 15) is 0 Å². The van der Waals surface area contributed by atoms with E-state index in [-0.39, 0.29) is 17.0 Å². The van der Waals surface area contributed by atoms with Gasteiger partial charge in [-0.3, -0.25) is 0 Å². The average Bonchev–Trinajstić information content (AvgIpc) is 3.16. The standard InChI is InChI=1S/C19H20BrN2.BrH/c1-15-2-4-16(5-3-15)12-22(14-19(22)10-11-21)13-17-6-8-18(20)9-7-17;/h2-9,19H,10,12-14H2,1H3;1H/q+1;/p-1. The first-order chi connectivity index (χ1) is 10.6. The van der Waals surface area contributed by atoms with Crippen LogP contribution in [-0.2, 0) is 13.1 Å². The third-order valence-electron chi connectivity index (χ3n) is 4.57. The van der Waals surface area contributed by atoms with Gasteiger partial charge in [0, 0.05) is 15.6 Å². The van der Waals surface area contributed by atoms with E-state index in [2.05, 4.69) is 77.5 Å². The van der Waals surface area contributed by atoms with Crippen LogP contribution in [0.4, 0.5) is 0 Å². The second-order valence-corrected chi connectivity index (χ2v) is 7.26. The fourth-order valence-electron chi connectivity index (χ4n) is 3.19. The minimum Gasteiger partial charge on any atom is -1.00 e. The van der Waals surface area contributed by atoms with Crippen LogP contribution in [0.15, 0.2) is 53.0 Å². The fraction of sp³-hybridized carbons (Fsp3) is 0.316. The Labute approximate surface area is 157 Å². The van der Waals surface area contributed by atoms with E-state index >= 15 is 0 Å². The highest BCUT2D eigenvalue weighted by molar-refractivity contribution is 9.10. The normalized spacial score (nSPS) is 22.0. The van der Waals surface area contributed by atoms with Crippen molar-refractivity contribution in [1.29, 1.82) is 5.26 Å². The second-order valence-electron chi connectivity index (χ2n) is 6.35. The lowest BCUT2D eigenvalue weighted by Gasteiger charge is -2.21. The van der Waals surface area contributed by atoms with Crippen molar-refractivity contribution >= 4 is 15.9 Å². The Morgan fingerprint density at radius 1 is 1.04 bits per heavy atom. The van der Waals surface area contributed by atoms with E-state index in [1.54, 1.807) is 0 Å². The molecule has 1 aliphatic heterocycles. The molecule has 0 N–H and O–H groups in total. The smallest absolute Gasteiger partial charge is 0.152 e. The molecule has 0 aromatic heterocycles. The van der Waals surface area contributed by atoms with Gasteiger partial charge in [0.05, 0.1) is 12.5 Å². The van der Waals surface area contributed by atoms with Crippen molar-refractivity contribution in [2.45, 2.75) is 32.5 Å². The molecule has 0 saturated carbocycles. The summed E-state index contributed by atoms with van der Waals surface area (Å²) in [5.41, 5.74) is 4.00. The summed E-state index contributed by atoms with van der Waals surface area (Å²) < 4.78 is 2.12. The minimum atomic E-state index is 0. The molecular formula is C19H20Br2N2. The predicted molar refractivity (Wildman–Crippen MR) is 91.9 cm³/mol. The van der Waals surface area contributed by atoms with Crippen molar-refractivity contribution < 1.29 is 21.5 Å². The number of quaternary nitrogens is 1. The minimum absolute atomic E-state index is 0. The summed E-state index contributed by atoms with van der Waals surface area (Å²) in [6, 6.07) is 20.2. The molecule has 23 heavy (non-hydrogen) atoms. The predicted octanol–water partition coefficient (Wildman–Crippen LogP) is 1.57. The van der Waals surface area contributed by atoms with Gasteiger partial charge in [0.25, 0.3) is 0 Å². The number of aryl methyl sites for hydroxylation is 1. The maximum atomic E-state index is 9.05. The van der Waals surface area contributed by atoms with E-state index in [1.165, 1.54) is 16.7 Å². The fourth-order valence-corrected chi connectivity index (χ4v) is 3.45. The summed E-state index contributed by atoms with van der Waals surface area (Å²) in [7, 11) is 0. The molecule has 4 heteroatoms. The van der Waals surface area contributed by atoms with Gasteiger partial charge in [-0.15, -0.1) is 0 Å². The molecule has 1 saturated heterocycles. The van der Waals surface area contributed by atoms with Gasteiger partial charge < -0.3 is 21.5 Å². The molecule has 0 radical (unpaired) electrons. The third kappa shape index (κ3) is 4.44. The van der Waals surface area contributed by atoms with Crippen LogP contribution in [0.25, 0.3) is 0 Å². The number of nitrogens with zero attached hydrogens (tertiary/aromatic N) is 2. The highest BCUT2D eigenvalue weighted by atomic mass is 79.9. The molecule has 0 spiro atoms. The summed E-state index contributed by atoms with van der Waals surface area (Å²) in [6.07, 6.45) is 0.655. The second kappa shape index (κ2) is 7.61. The van der Waals surface area contributed by atoms with Gasteiger partial charge in [-0.05, 0) is 19.1 Å². The van der Waals surface area contributed by atoms with Crippen molar-refractivity contribution in [2.24, 2.45) is 0 Å². The lowest BCUT2D eigenvalue weighted by molar-refractivity contribution is -0.841. The van der Waals surface area contributed by atoms with Gasteiger partial charge in [0.1, 0.15) is 19.6 Å². The summed E-state index contributed by atoms with van der Waals surface area (Å²) in [4.78, 5) is 0. The quantitative estimate of drug-likeness (QED) is 0.516. The summed E-state index contributed by atoms with van der Waals surface area (Å²) in [5.74, 6) is 0. The SMILES string of the molecule is Cc1ccc(C[N+]2(Cc3ccc(Br)cc3)CC2CC#N)cc1.[Br-]. The molecule has 2 unspecified atom stereocenters. The van der Waals surface area contributed by atoms with Gasteiger partial charge >= 0.3 is 0 Å². The first-order valence-electron chi connectivity index (χ1n) is 7.64. The van der Waals surface area contributed by atoms with Gasteiger partial charge in [-0.25, -0.2) is 0 Å². The van der Waals surface area contributed by atoms with Crippen LogP contribution in [-0.4, -0.2) is 17.1 Å². The monoisotopic (exact) mass is 434 g/mol. The molecule has 1 aliphatic rings. The summed E-state index contributed by atoms with van der Waals surface area (Å²) in [6.45, 7) is 5.25. The van der Waals surface area contributed by atoms with Gasteiger partial charge in [0.2, 0.25) is 0 Å². The van der Waals surface area contributed by atoms with Crippen molar-refractivity contribution in [3.8, 4) is 6.07 Å². The number of benzene rings is 2. The largest absolute Gasteiger partial charge is 1.00 e. The molecule has 0 aliphatic carbocycles. The number of rotatable bonds is 5. The van der Waals surface area contributed by atoms with Gasteiger partial charge in [-0.2, -0.15) is 5.26 Å². The van der Waals surface area contributed by atoms with Gasteiger partial charge in [0.15, 0.2) is 6.04 Å². The van der Waals surface area contributed by atoms with Crippen LogP contribution in [0.1, 0.15) is 23.1 Å². The zero-order valence-corrected chi connectivity index (χ0v) is 16.3. The number of halogens is 2. The number of hydrogen-bond acceptors (Lipinski definition) is 1. The van der Waals surface area contributed by atoms with E-state index in [4.69, 9.17) is 5.26 Å². The maximum absolute atomic E-state index is 9.05. The molecule has 0 amide bonds. The van der Waals surface area contributed by atoms with Crippen molar-refractivity contribution in [2.75, 3.05) is 6.54 Å². The van der Waals surface area contributed by atoms with Crippen LogP contribution in [0, 0.1) is 18.3 Å². The van der Waals surface area contributed by atoms with Crippen LogP contribution in [0.2, 0.25) is 0 Å². The van der Waals surface area contributed by atoms with Crippen LogP contribution in [0.3, 0.4) is 0 Å². The Morgan fingerprint density at radius 2 is 1.57 bits per heavy atom. The Morgan fingerprint density at radius 3 is 2.09 bits per heavy atom. The van der Waals surface area contributed by atoms with Crippen LogP contribution >= 0.6 is 15.9 Å². The lowest BCUT2D eigenvalue weighted by atomic mass is 10.1. The molecule has 2 aromatic rings. The number of hydrogen-bond donors (Lipinski definition) is 0. The summed E-state index contributed by atoms with van der Waals surface area (Å²) >= 11 is 3.49. The topological polar surface area (TPSA) is 23.8 Å². The molecule has 2 nitrogen and oxygen atoms in total. The highest BCUT2D eigenvalue weighted by Gasteiger charge is 2.54. The van der Waals surface area contributed by atoms with Crippen LogP contribution in [0.5, 0.6) is 0 Å². The molecular weight excluding hydrogens is 416 g/mol. The average molecular weight is 436 g/mol. The molecule has 3 rings (SSSR count). The zero-order valence-electron chi connectivity index (χ0n) is 13.2. The Kier molecular flexibility index (Phi) is 6.02. The van der Waals surface area contributed by atoms with Crippen molar-refractivity contribution in [3.63, 3.8) is 0 Å². The lowest BCUT2D eigenvalue weighted by Crippen LogP contribution is -3.00. The molecule has 2 aromatic carbocycles. The molecule has 1 heterocycles. The maximum Gasteiger partial charge on any atom is 0.152 e. The van der Waals surface area contributed by atoms with Crippen molar-refractivity contribution in [1.82, 2.24) is 0 Å². The van der Waals surface area contributed by atoms with E-state index in [0.717, 1.165) is 28.6 Å². The Bertz CT molecular complexity index is 639.